The molecule has 0 rings (SSSR count). The van der Waals surface area contributed by atoms with Crippen LogP contribution >= 0.6 is 7.82 Å². The third-order valence-electron chi connectivity index (χ3n) is 11.6. The van der Waals surface area contributed by atoms with Crippen molar-refractivity contribution in [1.29, 1.82) is 0 Å². The van der Waals surface area contributed by atoms with Crippen LogP contribution in [0.1, 0.15) is 239 Å². The number of carbonyl (C=O) groups excluding carboxylic acids is 3. The molecule has 404 valence electrons. The van der Waals surface area contributed by atoms with Gasteiger partial charge in [0.05, 0.1) is 19.8 Å². The molecule has 3 atom stereocenters. The third-order valence-corrected chi connectivity index (χ3v) is 12.5. The first-order valence-electron chi connectivity index (χ1n) is 27.8. The Morgan fingerprint density at radius 2 is 0.743 bits per heavy atom. The van der Waals surface area contributed by atoms with E-state index < -0.39 is 57.8 Å². The molecule has 0 bridgehead atoms. The summed E-state index contributed by atoms with van der Waals surface area (Å²) in [6.45, 7) is 4.44. The van der Waals surface area contributed by atoms with Gasteiger partial charge >= 0.3 is 25.7 Å². The minimum Gasteiger partial charge on any atom is -0.462 e. The minimum absolute atomic E-state index is 0.145. The maximum absolute atomic E-state index is 12.9. The molecule has 0 saturated heterocycles. The molecule has 0 heterocycles. The minimum atomic E-state index is -4.76. The molecular weight excluding hydrogens is 904 g/mol. The smallest absolute Gasteiger partial charge is 0.462 e. The molecule has 0 aromatic heterocycles. The summed E-state index contributed by atoms with van der Waals surface area (Å²) in [4.78, 5) is 48.4. The van der Waals surface area contributed by atoms with Gasteiger partial charge in [-0.1, -0.05) is 184 Å². The van der Waals surface area contributed by atoms with Crippen molar-refractivity contribution in [2.24, 2.45) is 0 Å². The van der Waals surface area contributed by atoms with Crippen molar-refractivity contribution in [3.63, 3.8) is 0 Å². The number of rotatable bonds is 51. The van der Waals surface area contributed by atoms with Gasteiger partial charge in [-0.2, -0.15) is 0 Å². The van der Waals surface area contributed by atoms with Gasteiger partial charge in [0.15, 0.2) is 6.10 Å². The predicted molar refractivity (Wildman–Crippen MR) is 288 cm³/mol. The number of aliphatic hydroxyl groups is 1. The second-order valence-corrected chi connectivity index (χ2v) is 19.8. The SMILES string of the molecule is CC/C=C\C/C=C\C/C=C\CCCCCCCC(=O)OCC(COP(=O)(O)OCC(CO)OC(=O)CCCCCCC/C=C\CCCCCC)OC(=O)CCCCCCC/C=C\C/C=C\CCCCC. The highest BCUT2D eigenvalue weighted by Gasteiger charge is 2.28. The summed E-state index contributed by atoms with van der Waals surface area (Å²) >= 11 is 0. The zero-order valence-corrected chi connectivity index (χ0v) is 45.4. The molecule has 3 unspecified atom stereocenters. The number of ether oxygens (including phenoxy) is 3. The number of carbonyl (C=O) groups is 3. The number of esters is 3. The Bertz CT molecular complexity index is 1450. The average Bonchev–Trinajstić information content (AvgIpc) is 3.35. The van der Waals surface area contributed by atoms with Crippen LogP contribution in [0.3, 0.4) is 0 Å². The van der Waals surface area contributed by atoms with Gasteiger partial charge in [0.2, 0.25) is 0 Å². The molecule has 0 aliphatic heterocycles. The topological polar surface area (TPSA) is 155 Å². The third kappa shape index (κ3) is 49.9. The van der Waals surface area contributed by atoms with E-state index in [1.54, 1.807) is 0 Å². The van der Waals surface area contributed by atoms with Crippen LogP contribution in [0.2, 0.25) is 0 Å². The van der Waals surface area contributed by atoms with Crippen molar-refractivity contribution in [3.05, 3.63) is 72.9 Å². The van der Waals surface area contributed by atoms with Crippen LogP contribution in [0.4, 0.5) is 0 Å². The normalized spacial score (nSPS) is 14.0. The summed E-state index contributed by atoms with van der Waals surface area (Å²) in [6.07, 6.45) is 57.1. The highest BCUT2D eigenvalue weighted by Crippen LogP contribution is 2.43. The standard InChI is InChI=1S/C58H101O11P/c1-4-7-10-13-16-19-22-25-27-30-32-35-38-41-44-47-56(60)65-51-55(69-58(62)49-46-43-40-37-34-31-28-26-23-20-17-14-11-8-5-2)53-67-70(63,64)66-52-54(50-59)68-57(61)48-45-42-39-36-33-29-24-21-18-15-12-9-6-3/h7,10,16-17,19-21,24-28,54-55,59H,4-6,8-9,11-15,18,22-23,29-53H2,1-3H3,(H,63,64)/b10-7-,19-16-,20-17-,24-21-,27-25-,28-26-. The molecule has 0 radical (unpaired) electrons. The lowest BCUT2D eigenvalue weighted by Crippen LogP contribution is -2.30. The monoisotopic (exact) mass is 1000 g/mol. The lowest BCUT2D eigenvalue weighted by Gasteiger charge is -2.21. The van der Waals surface area contributed by atoms with Crippen LogP contribution in [0.5, 0.6) is 0 Å². The summed E-state index contributed by atoms with van der Waals surface area (Å²) in [5.41, 5.74) is 0. The number of unbranched alkanes of at least 4 members (excludes halogenated alkanes) is 22. The van der Waals surface area contributed by atoms with Crippen LogP contribution in [-0.4, -0.2) is 66.5 Å². The van der Waals surface area contributed by atoms with E-state index in [1.807, 2.05) is 0 Å². The number of hydrogen-bond acceptors (Lipinski definition) is 10. The first-order chi connectivity index (χ1) is 34.2. The highest BCUT2D eigenvalue weighted by atomic mass is 31.2. The van der Waals surface area contributed by atoms with E-state index in [9.17, 15) is 28.9 Å². The molecule has 0 aromatic carbocycles. The fourth-order valence-corrected chi connectivity index (χ4v) is 8.12. The van der Waals surface area contributed by atoms with Crippen LogP contribution in [0, 0.1) is 0 Å². The lowest BCUT2D eigenvalue weighted by atomic mass is 10.1. The summed E-state index contributed by atoms with van der Waals surface area (Å²) in [5, 5.41) is 9.79. The largest absolute Gasteiger partial charge is 0.472 e. The summed E-state index contributed by atoms with van der Waals surface area (Å²) in [6, 6.07) is 0. The predicted octanol–water partition coefficient (Wildman–Crippen LogP) is 16.1. The van der Waals surface area contributed by atoms with Crippen LogP contribution in [0.15, 0.2) is 72.9 Å². The van der Waals surface area contributed by atoms with E-state index in [2.05, 4.69) is 93.7 Å². The molecule has 0 amide bonds. The molecule has 0 aliphatic carbocycles. The van der Waals surface area contributed by atoms with Gasteiger partial charge in [-0.3, -0.25) is 23.4 Å². The van der Waals surface area contributed by atoms with E-state index in [-0.39, 0.29) is 25.9 Å². The molecule has 12 heteroatoms. The van der Waals surface area contributed by atoms with Crippen molar-refractivity contribution in [1.82, 2.24) is 0 Å². The fourth-order valence-electron chi connectivity index (χ4n) is 7.34. The Labute approximate surface area is 427 Å². The van der Waals surface area contributed by atoms with E-state index in [1.165, 1.54) is 44.9 Å². The average molecular weight is 1010 g/mol. The van der Waals surface area contributed by atoms with E-state index in [0.29, 0.717) is 19.3 Å². The quantitative estimate of drug-likeness (QED) is 0.0197. The van der Waals surface area contributed by atoms with Gasteiger partial charge in [0.1, 0.15) is 12.7 Å². The number of phosphoric ester groups is 1. The van der Waals surface area contributed by atoms with Crippen LogP contribution in [0.25, 0.3) is 0 Å². The van der Waals surface area contributed by atoms with Gasteiger partial charge in [0.25, 0.3) is 0 Å². The van der Waals surface area contributed by atoms with Crippen molar-refractivity contribution in [2.75, 3.05) is 26.4 Å². The number of hydrogen-bond donors (Lipinski definition) is 2. The molecule has 0 saturated carbocycles. The molecule has 2 N–H and O–H groups in total. The maximum Gasteiger partial charge on any atom is 0.472 e. The molecule has 0 aromatic rings. The Morgan fingerprint density at radius 1 is 0.414 bits per heavy atom. The van der Waals surface area contributed by atoms with Gasteiger partial charge < -0.3 is 24.2 Å². The molecule has 11 nitrogen and oxygen atoms in total. The number of aliphatic hydroxyl groups excluding tert-OH is 1. The molecule has 0 spiro atoms. The summed E-state index contributed by atoms with van der Waals surface area (Å²) in [7, 11) is -4.76. The number of allylic oxidation sites excluding steroid dienone is 12. The Balaban J connectivity index is 4.79. The molecule has 0 aliphatic rings. The van der Waals surface area contributed by atoms with E-state index >= 15 is 0 Å². The van der Waals surface area contributed by atoms with Crippen LogP contribution in [-0.2, 0) is 42.2 Å². The van der Waals surface area contributed by atoms with Crippen molar-refractivity contribution in [2.45, 2.75) is 251 Å². The van der Waals surface area contributed by atoms with Crippen molar-refractivity contribution in [3.8, 4) is 0 Å². The first kappa shape index (κ1) is 66.9. The van der Waals surface area contributed by atoms with Gasteiger partial charge in [-0.05, 0) is 109 Å². The van der Waals surface area contributed by atoms with Gasteiger partial charge in [0, 0.05) is 19.3 Å². The fraction of sp³-hybridized carbons (Fsp3) is 0.741. The van der Waals surface area contributed by atoms with Crippen molar-refractivity contribution < 1.29 is 52.2 Å². The zero-order valence-electron chi connectivity index (χ0n) is 44.5. The Hall–Kier alpha value is -3.08. The first-order valence-corrected chi connectivity index (χ1v) is 29.3. The molecule has 70 heavy (non-hydrogen) atoms. The zero-order chi connectivity index (χ0) is 51.3. The van der Waals surface area contributed by atoms with E-state index in [4.69, 9.17) is 23.3 Å². The number of phosphoric acid groups is 1. The maximum atomic E-state index is 12.9. The summed E-state index contributed by atoms with van der Waals surface area (Å²) < 4.78 is 39.4. The van der Waals surface area contributed by atoms with Crippen LogP contribution < -0.4 is 0 Å². The van der Waals surface area contributed by atoms with Gasteiger partial charge in [-0.15, -0.1) is 0 Å². The Morgan fingerprint density at radius 3 is 1.19 bits per heavy atom. The van der Waals surface area contributed by atoms with E-state index in [0.717, 1.165) is 135 Å². The lowest BCUT2D eigenvalue weighted by molar-refractivity contribution is -0.161. The second kappa shape index (κ2) is 52.2. The highest BCUT2D eigenvalue weighted by molar-refractivity contribution is 7.47. The second-order valence-electron chi connectivity index (χ2n) is 18.4. The van der Waals surface area contributed by atoms with Gasteiger partial charge in [-0.25, -0.2) is 4.57 Å². The molecule has 0 fully saturated rings. The van der Waals surface area contributed by atoms with Crippen molar-refractivity contribution >= 4 is 25.7 Å². The molecular formula is C58H101O11P. The Kier molecular flexibility index (Phi) is 50.0. The summed E-state index contributed by atoms with van der Waals surface area (Å²) in [5.74, 6) is -1.51.